The molecule has 0 aliphatic heterocycles. The maximum Gasteiger partial charge on any atom is 0.134 e. The van der Waals surface area contributed by atoms with Gasteiger partial charge in [-0.15, -0.1) is 0 Å². The summed E-state index contributed by atoms with van der Waals surface area (Å²) in [6.07, 6.45) is 0. The number of hydrogen-bond donors (Lipinski definition) is 2. The topological polar surface area (TPSA) is 46.4 Å². The molecule has 2 N–H and O–H groups in total. The number of alkyl halides is 1. The Morgan fingerprint density at radius 1 is 0.920 bits per heavy atom. The van der Waals surface area contributed by atoms with Crippen molar-refractivity contribution in [1.82, 2.24) is 10.6 Å². The van der Waals surface area contributed by atoms with Gasteiger partial charge in [0.2, 0.25) is 0 Å². The number of fused-ring (bicyclic) bond motifs is 1. The summed E-state index contributed by atoms with van der Waals surface area (Å²) in [6.45, 7) is 2.86. The molecule has 0 unspecified atom stereocenters. The zero-order valence-corrected chi connectivity index (χ0v) is 14.1. The Balaban J connectivity index is 1.32. The molecule has 0 fully saturated rings. The van der Waals surface area contributed by atoms with E-state index in [0.717, 1.165) is 42.9 Å². The van der Waals surface area contributed by atoms with E-state index in [1.54, 1.807) is 0 Å². The molecule has 3 rings (SSSR count). The quantitative estimate of drug-likeness (QED) is 0.552. The number of furan rings is 1. The molecular formula is C20H23FN2O2. The van der Waals surface area contributed by atoms with Gasteiger partial charge in [-0.3, -0.25) is 0 Å². The van der Waals surface area contributed by atoms with Crippen LogP contribution in [0.25, 0.3) is 11.0 Å². The van der Waals surface area contributed by atoms with E-state index in [0.29, 0.717) is 5.75 Å². The molecule has 1 heterocycles. The third kappa shape index (κ3) is 5.31. The van der Waals surface area contributed by atoms with E-state index in [-0.39, 0.29) is 6.61 Å². The number of nitrogens with one attached hydrogen (secondary N) is 2. The van der Waals surface area contributed by atoms with Gasteiger partial charge in [0.15, 0.2) is 0 Å². The summed E-state index contributed by atoms with van der Waals surface area (Å²) in [4.78, 5) is 0. The summed E-state index contributed by atoms with van der Waals surface area (Å²) in [5.74, 6) is 1.65. The van der Waals surface area contributed by atoms with Crippen LogP contribution in [-0.4, -0.2) is 26.4 Å². The third-order valence-electron chi connectivity index (χ3n) is 3.85. The monoisotopic (exact) mass is 342 g/mol. The van der Waals surface area contributed by atoms with Gasteiger partial charge in [0.1, 0.15) is 30.4 Å². The smallest absolute Gasteiger partial charge is 0.134 e. The number of halogens is 1. The Morgan fingerprint density at radius 2 is 1.68 bits per heavy atom. The second kappa shape index (κ2) is 9.20. The summed E-state index contributed by atoms with van der Waals surface area (Å²) >= 11 is 0. The average Bonchev–Trinajstić information content (AvgIpc) is 3.06. The summed E-state index contributed by atoms with van der Waals surface area (Å²) in [6, 6.07) is 17.8. The molecule has 0 radical (unpaired) electrons. The summed E-state index contributed by atoms with van der Waals surface area (Å²) in [7, 11) is 0. The molecule has 0 aliphatic rings. The Hall–Kier alpha value is -2.37. The van der Waals surface area contributed by atoms with Crippen LogP contribution in [-0.2, 0) is 13.1 Å². The third-order valence-corrected chi connectivity index (χ3v) is 3.85. The molecule has 25 heavy (non-hydrogen) atoms. The van der Waals surface area contributed by atoms with Gasteiger partial charge in [-0.25, -0.2) is 4.39 Å². The zero-order chi connectivity index (χ0) is 17.3. The van der Waals surface area contributed by atoms with Gasteiger partial charge in [0.25, 0.3) is 0 Å². The van der Waals surface area contributed by atoms with Crippen molar-refractivity contribution < 1.29 is 13.5 Å². The lowest BCUT2D eigenvalue weighted by Gasteiger charge is -2.07. The second-order valence-electron chi connectivity index (χ2n) is 5.79. The molecule has 0 saturated carbocycles. The summed E-state index contributed by atoms with van der Waals surface area (Å²) in [5.41, 5.74) is 2.10. The first-order valence-electron chi connectivity index (χ1n) is 8.52. The van der Waals surface area contributed by atoms with Gasteiger partial charge in [-0.05, 0) is 29.8 Å². The maximum absolute atomic E-state index is 12.0. The highest BCUT2D eigenvalue weighted by molar-refractivity contribution is 5.77. The van der Waals surface area contributed by atoms with Gasteiger partial charge in [-0.2, -0.15) is 0 Å². The van der Waals surface area contributed by atoms with Gasteiger partial charge >= 0.3 is 0 Å². The van der Waals surface area contributed by atoms with Crippen LogP contribution in [0.3, 0.4) is 0 Å². The first kappa shape index (κ1) is 17.5. The fraction of sp³-hybridized carbons (Fsp3) is 0.300. The van der Waals surface area contributed by atoms with Crippen LogP contribution >= 0.6 is 0 Å². The summed E-state index contributed by atoms with van der Waals surface area (Å²) < 4.78 is 23.0. The predicted molar refractivity (Wildman–Crippen MR) is 97.5 cm³/mol. The highest BCUT2D eigenvalue weighted by Gasteiger charge is 2.02. The van der Waals surface area contributed by atoms with Gasteiger partial charge < -0.3 is 19.8 Å². The Kier molecular flexibility index (Phi) is 6.42. The van der Waals surface area contributed by atoms with Crippen LogP contribution in [0.2, 0.25) is 0 Å². The van der Waals surface area contributed by atoms with Crippen LogP contribution in [0.15, 0.2) is 59.0 Å². The highest BCUT2D eigenvalue weighted by Crippen LogP contribution is 2.18. The molecule has 0 amide bonds. The lowest BCUT2D eigenvalue weighted by Crippen LogP contribution is -2.26. The molecule has 3 aromatic rings. The molecule has 1 aromatic heterocycles. The Labute approximate surface area is 147 Å². The molecular weight excluding hydrogens is 319 g/mol. The van der Waals surface area contributed by atoms with Gasteiger partial charge in [0, 0.05) is 25.0 Å². The van der Waals surface area contributed by atoms with Gasteiger partial charge in [-0.1, -0.05) is 30.3 Å². The van der Waals surface area contributed by atoms with E-state index in [2.05, 4.69) is 22.8 Å². The number of benzene rings is 2. The summed E-state index contributed by atoms with van der Waals surface area (Å²) in [5, 5.41) is 7.89. The second-order valence-corrected chi connectivity index (χ2v) is 5.79. The minimum atomic E-state index is -0.468. The molecule has 0 saturated heterocycles. The SMILES string of the molecule is FCCOc1ccc(CNCCNCc2cc3ccccc3o2)cc1. The van der Waals surface area contributed by atoms with Crippen molar-refractivity contribution in [1.29, 1.82) is 0 Å². The molecule has 4 nitrogen and oxygen atoms in total. The van der Waals surface area contributed by atoms with E-state index in [9.17, 15) is 4.39 Å². The van der Waals surface area contributed by atoms with E-state index in [1.807, 2.05) is 42.5 Å². The zero-order valence-electron chi connectivity index (χ0n) is 14.1. The average molecular weight is 342 g/mol. The first-order chi connectivity index (χ1) is 12.3. The molecule has 132 valence electrons. The van der Waals surface area contributed by atoms with E-state index >= 15 is 0 Å². The largest absolute Gasteiger partial charge is 0.491 e. The van der Waals surface area contributed by atoms with Crippen LogP contribution in [0, 0.1) is 0 Å². The standard InChI is InChI=1S/C20H23FN2O2/c21-9-12-24-18-7-5-16(6-8-18)14-22-10-11-23-15-19-13-17-3-1-2-4-20(17)25-19/h1-8,13,22-23H,9-12,14-15H2. The number of para-hydroxylation sites is 1. The van der Waals surface area contributed by atoms with Crippen molar-refractivity contribution in [2.75, 3.05) is 26.4 Å². The van der Waals surface area contributed by atoms with Crippen molar-refractivity contribution in [2.24, 2.45) is 0 Å². The molecule has 5 heteroatoms. The predicted octanol–water partition coefficient (Wildman–Crippen LogP) is 3.66. The van der Waals surface area contributed by atoms with E-state index in [1.165, 1.54) is 5.56 Å². The fourth-order valence-electron chi connectivity index (χ4n) is 2.61. The molecule has 0 spiro atoms. The lowest BCUT2D eigenvalue weighted by molar-refractivity contribution is 0.273. The molecule has 0 atom stereocenters. The number of hydrogen-bond acceptors (Lipinski definition) is 4. The van der Waals surface area contributed by atoms with Gasteiger partial charge in [0.05, 0.1) is 6.54 Å². The number of ether oxygens (including phenoxy) is 1. The highest BCUT2D eigenvalue weighted by atomic mass is 19.1. The van der Waals surface area contributed by atoms with Crippen molar-refractivity contribution in [3.05, 3.63) is 65.9 Å². The van der Waals surface area contributed by atoms with Crippen LogP contribution in [0.5, 0.6) is 5.75 Å². The molecule has 0 bridgehead atoms. The van der Waals surface area contributed by atoms with Crippen LogP contribution < -0.4 is 15.4 Å². The maximum atomic E-state index is 12.0. The van der Waals surface area contributed by atoms with Crippen molar-refractivity contribution in [3.63, 3.8) is 0 Å². The minimum Gasteiger partial charge on any atom is -0.491 e. The lowest BCUT2D eigenvalue weighted by atomic mass is 10.2. The number of rotatable bonds is 10. The van der Waals surface area contributed by atoms with Crippen LogP contribution in [0.4, 0.5) is 4.39 Å². The van der Waals surface area contributed by atoms with Crippen molar-refractivity contribution in [3.8, 4) is 5.75 Å². The van der Waals surface area contributed by atoms with E-state index in [4.69, 9.17) is 9.15 Å². The molecule has 2 aromatic carbocycles. The van der Waals surface area contributed by atoms with Crippen LogP contribution in [0.1, 0.15) is 11.3 Å². The normalized spacial score (nSPS) is 11.1. The Morgan fingerprint density at radius 3 is 2.44 bits per heavy atom. The van der Waals surface area contributed by atoms with E-state index < -0.39 is 6.67 Å². The fourth-order valence-corrected chi connectivity index (χ4v) is 2.61. The van der Waals surface area contributed by atoms with Crippen molar-refractivity contribution in [2.45, 2.75) is 13.1 Å². The Bertz CT molecular complexity index is 738. The molecule has 0 aliphatic carbocycles. The first-order valence-corrected chi connectivity index (χ1v) is 8.52. The van der Waals surface area contributed by atoms with Crippen molar-refractivity contribution >= 4 is 11.0 Å². The minimum absolute atomic E-state index is 0.106.